The van der Waals surface area contributed by atoms with Crippen molar-refractivity contribution in [1.29, 1.82) is 0 Å². The normalized spacial score (nSPS) is 14.4. The van der Waals surface area contributed by atoms with E-state index in [0.29, 0.717) is 24.1 Å². The van der Waals surface area contributed by atoms with E-state index in [1.54, 1.807) is 48.5 Å². The van der Waals surface area contributed by atoms with Crippen LogP contribution < -0.4 is 20.9 Å². The lowest BCUT2D eigenvalue weighted by atomic mass is 9.99. The summed E-state index contributed by atoms with van der Waals surface area (Å²) in [5, 5.41) is -14.6. The number of benzene rings is 4. The van der Waals surface area contributed by atoms with Crippen LogP contribution in [0.1, 0.15) is 66.4 Å². The average Bonchev–Trinajstić information content (AvgIpc) is 3.25. The topological polar surface area (TPSA) is 157 Å². The number of hydrogen-bond acceptors (Lipinski definition) is 10. The summed E-state index contributed by atoms with van der Waals surface area (Å²) in [6, 6.07) is 17.5. The molecule has 4 rings (SSSR count). The molecule has 4 aromatic carbocycles. The molecule has 0 aromatic heterocycles. The number of alkyl halides is 22. The summed E-state index contributed by atoms with van der Waals surface area (Å²) in [4.78, 5) is 46.6. The molecule has 0 saturated heterocycles. The minimum absolute atomic E-state index is 0.217. The Labute approximate surface area is 431 Å². The fourth-order valence-corrected chi connectivity index (χ4v) is 5.48. The van der Waals surface area contributed by atoms with E-state index in [1.807, 2.05) is 6.92 Å². The number of carbonyl (C=O) groups is 4. The van der Waals surface area contributed by atoms with E-state index in [0.717, 1.165) is 42.1 Å². The second kappa shape index (κ2) is 24.0. The maximum absolute atomic E-state index is 14.4. The van der Waals surface area contributed by atoms with Crippen molar-refractivity contribution in [3.05, 3.63) is 118 Å². The summed E-state index contributed by atoms with van der Waals surface area (Å²) in [5.41, 5.74) is 10.8. The summed E-state index contributed by atoms with van der Waals surface area (Å²) in [6.07, 6.45) is -39.4. The predicted octanol–water partition coefficient (Wildman–Crippen LogP) is 14.5. The Bertz CT molecular complexity index is 2690. The summed E-state index contributed by atoms with van der Waals surface area (Å²) >= 11 is 18.8. The molecule has 2 unspecified atom stereocenters. The highest BCUT2D eigenvalue weighted by atomic mass is 35.5. The number of aryl methyl sites for hydroxylation is 1. The summed E-state index contributed by atoms with van der Waals surface area (Å²) in [7, 11) is 0. The van der Waals surface area contributed by atoms with Crippen molar-refractivity contribution < 1.29 is 126 Å². The Morgan fingerprint density at radius 1 is 0.474 bits per heavy atom. The van der Waals surface area contributed by atoms with Crippen molar-refractivity contribution in [2.24, 2.45) is 0 Å². The fraction of sp³-hybridized carbons (Fsp3) is 0.333. The Morgan fingerprint density at radius 2 is 0.816 bits per heavy atom. The Kier molecular flexibility index (Phi) is 21.0. The molecule has 0 spiro atoms. The van der Waals surface area contributed by atoms with Gasteiger partial charge in [0, 0.05) is 28.9 Å². The quantitative estimate of drug-likeness (QED) is 0.0304. The molecule has 0 heterocycles. The maximum atomic E-state index is 14.4. The van der Waals surface area contributed by atoms with Crippen LogP contribution in [0.15, 0.2) is 84.9 Å². The van der Waals surface area contributed by atoms with Gasteiger partial charge in [0.05, 0.1) is 11.1 Å². The van der Waals surface area contributed by atoms with Gasteiger partial charge in [0.25, 0.3) is 10.5 Å². The van der Waals surface area contributed by atoms with Gasteiger partial charge in [-0.1, -0.05) is 37.3 Å². The number of nitrogen functional groups attached to an aromatic ring is 2. The van der Waals surface area contributed by atoms with E-state index in [-0.39, 0.29) is 12.5 Å². The molecule has 34 heteroatoms. The van der Waals surface area contributed by atoms with Gasteiger partial charge in [-0.2, -0.15) is 87.8 Å². The molecule has 0 bridgehead atoms. The van der Waals surface area contributed by atoms with Crippen molar-refractivity contribution in [2.75, 3.05) is 11.5 Å². The van der Waals surface area contributed by atoms with Gasteiger partial charge in [-0.15, -0.1) is 0 Å². The van der Waals surface area contributed by atoms with Crippen LogP contribution in [0.2, 0.25) is 0 Å². The molecule has 4 N–H and O–H groups in total. The fourth-order valence-electron chi connectivity index (χ4n) is 4.93. The van der Waals surface area contributed by atoms with Gasteiger partial charge in [0.2, 0.25) is 0 Å². The van der Waals surface area contributed by atoms with Crippen LogP contribution in [-0.4, -0.2) is 81.3 Å². The molecular weight excluding hydrogens is 1180 g/mol. The smallest absolute Gasteiger partial charge is 0.426 e. The van der Waals surface area contributed by atoms with Crippen molar-refractivity contribution in [2.45, 2.75) is 85.9 Å². The van der Waals surface area contributed by atoms with Gasteiger partial charge < -0.3 is 20.9 Å². The zero-order valence-electron chi connectivity index (χ0n) is 37.0. The third-order valence-electron chi connectivity index (χ3n) is 8.95. The van der Waals surface area contributed by atoms with Crippen LogP contribution in [0.3, 0.4) is 0 Å². The lowest BCUT2D eigenvalue weighted by Crippen LogP contribution is -2.59. The van der Waals surface area contributed by atoms with Gasteiger partial charge in [-0.25, -0.2) is 0 Å². The van der Waals surface area contributed by atoms with Crippen LogP contribution in [-0.2, 0) is 22.3 Å². The van der Waals surface area contributed by atoms with E-state index < -0.39 is 115 Å². The van der Waals surface area contributed by atoms with Gasteiger partial charge in [0.15, 0.2) is 11.6 Å². The largest absolute Gasteiger partial charge is 0.476 e. The second-order valence-corrected chi connectivity index (χ2v) is 16.3. The average molecular weight is 1210 g/mol. The molecule has 0 saturated carbocycles. The Hall–Kier alpha value is -5.56. The monoisotopic (exact) mass is 1210 g/mol. The van der Waals surface area contributed by atoms with E-state index in [9.17, 15) is 107 Å². The van der Waals surface area contributed by atoms with Crippen LogP contribution in [0.25, 0.3) is 0 Å². The Balaban J connectivity index is 0.000000461. The molecular formula is C42H28Cl4F20N2O8. The molecule has 0 aliphatic carbocycles. The van der Waals surface area contributed by atoms with Crippen molar-refractivity contribution >= 4 is 79.8 Å². The summed E-state index contributed by atoms with van der Waals surface area (Å²) in [5.74, 6) is -18.9. The van der Waals surface area contributed by atoms with E-state index in [1.165, 1.54) is 0 Å². The van der Waals surface area contributed by atoms with Crippen molar-refractivity contribution in [3.63, 3.8) is 0 Å². The van der Waals surface area contributed by atoms with Gasteiger partial charge in [0.1, 0.15) is 11.5 Å². The van der Waals surface area contributed by atoms with Crippen molar-refractivity contribution in [3.8, 4) is 11.5 Å². The predicted molar refractivity (Wildman–Crippen MR) is 227 cm³/mol. The number of hydrogen-bond donors (Lipinski definition) is 2. The van der Waals surface area contributed by atoms with Gasteiger partial charge >= 0.3 is 59.3 Å². The van der Waals surface area contributed by atoms with E-state index in [2.05, 4.69) is 42.1 Å². The number of halogens is 24. The van der Waals surface area contributed by atoms with E-state index >= 15 is 0 Å². The number of ketones is 2. The lowest BCUT2D eigenvalue weighted by molar-refractivity contribution is -0.470. The first-order valence-electron chi connectivity index (χ1n) is 19.4. The third-order valence-corrected chi connectivity index (χ3v) is 9.96. The number of ether oxygens (including phenoxy) is 4. The van der Waals surface area contributed by atoms with Crippen LogP contribution in [0.4, 0.5) is 99.2 Å². The lowest BCUT2D eigenvalue weighted by Gasteiger charge is -2.34. The van der Waals surface area contributed by atoms with Crippen LogP contribution in [0.5, 0.6) is 11.5 Å². The minimum atomic E-state index is -7.16. The summed E-state index contributed by atoms with van der Waals surface area (Å²) in [6.45, 7) is 2.68. The highest BCUT2D eigenvalue weighted by Gasteiger charge is 2.80. The highest BCUT2D eigenvalue weighted by molar-refractivity contribution is 6.68. The summed E-state index contributed by atoms with van der Waals surface area (Å²) < 4.78 is 274. The highest BCUT2D eigenvalue weighted by Crippen LogP contribution is 2.54. The SMILES string of the molecule is CCc1ccc(CC(=O)c2ccc(C(C)=O)c(OC(F)(F)C(F)(Cl)OC(F)(F)C(F)(F)C(F)(F)F)c2)cc1.Nc1ccc(N)cc1.O=C(Cl)c1ccc(C(=O)Cl)c(OC(F)(F)C(F)(Cl)OC(F)(F)C(F)(F)C(F)(F)F)c1. The van der Waals surface area contributed by atoms with E-state index in [4.69, 9.17) is 34.7 Å². The zero-order chi connectivity index (χ0) is 59.2. The molecule has 0 radical (unpaired) electrons. The first kappa shape index (κ1) is 66.6. The van der Waals surface area contributed by atoms with Crippen LogP contribution in [0, 0.1) is 0 Å². The van der Waals surface area contributed by atoms with Crippen LogP contribution >= 0.6 is 46.4 Å². The number of anilines is 2. The van der Waals surface area contributed by atoms with Crippen molar-refractivity contribution in [1.82, 2.24) is 0 Å². The third kappa shape index (κ3) is 16.2. The molecule has 10 nitrogen and oxygen atoms in total. The minimum Gasteiger partial charge on any atom is -0.426 e. The number of Topliss-reactive ketones (excluding diaryl/α,β-unsaturated/α-hetero) is 2. The molecule has 0 amide bonds. The second-order valence-electron chi connectivity index (χ2n) is 14.6. The molecule has 0 aliphatic heterocycles. The molecule has 2 atom stereocenters. The molecule has 0 aliphatic rings. The zero-order valence-corrected chi connectivity index (χ0v) is 40.0. The van der Waals surface area contributed by atoms with Gasteiger partial charge in [-0.05, 0) is 125 Å². The number of nitrogens with two attached hydrogens (primary N) is 2. The first-order valence-corrected chi connectivity index (χ1v) is 21.0. The Morgan fingerprint density at radius 3 is 1.16 bits per heavy atom. The number of carbonyl (C=O) groups excluding carboxylic acids is 4. The molecule has 4 aromatic rings. The molecule has 76 heavy (non-hydrogen) atoms. The standard InChI is InChI=1S/C23H17ClF10O4.C13H3Cl3F10O4.C6H8N2/c1-3-13-4-6-14(7-5-13)10-17(36)15-8-9-16(12(2)35)18(11-15)37-23(33,34)20(24,27)38-22(31,32)19(25,26)21(28,29)30;14-7(27)4-1-2-5(8(15)28)6(3-4)29-13(25,26)10(16,19)30-12(23,24)9(17,18)11(20,21)22;7-5-1-2-6(8)4-3-5/h4-9,11H,3,10H2,1-2H3;1-3H;1-4H,7-8H2. The number of rotatable bonds is 19. The molecule has 0 fully saturated rings. The molecule has 422 valence electrons. The first-order chi connectivity index (χ1) is 34.1. The van der Waals surface area contributed by atoms with Gasteiger partial charge in [-0.3, -0.25) is 28.7 Å². The maximum Gasteiger partial charge on any atom is 0.476 e.